The maximum Gasteiger partial charge on any atom is 0.243 e. The van der Waals surface area contributed by atoms with Gasteiger partial charge in [-0.15, -0.1) is 0 Å². The van der Waals surface area contributed by atoms with E-state index < -0.39 is 16.1 Å². The smallest absolute Gasteiger partial charge is 0.243 e. The molecule has 10 heteroatoms. The van der Waals surface area contributed by atoms with Gasteiger partial charge in [0.1, 0.15) is 6.04 Å². The molecule has 0 aliphatic carbocycles. The molecule has 3 aromatic carbocycles. The van der Waals surface area contributed by atoms with Crippen molar-refractivity contribution in [3.63, 3.8) is 0 Å². The Morgan fingerprint density at radius 1 is 0.976 bits per heavy atom. The summed E-state index contributed by atoms with van der Waals surface area (Å²) in [5.74, 6) is -0.555. The molecule has 1 N–H and O–H groups in total. The molecule has 1 atom stereocenters. The zero-order valence-corrected chi connectivity index (χ0v) is 26.2. The van der Waals surface area contributed by atoms with E-state index in [1.807, 2.05) is 69.3 Å². The van der Waals surface area contributed by atoms with Gasteiger partial charge in [0.2, 0.25) is 21.8 Å². The molecule has 2 amide bonds. The van der Waals surface area contributed by atoms with E-state index >= 15 is 0 Å². The Morgan fingerprint density at radius 2 is 1.68 bits per heavy atom. The van der Waals surface area contributed by atoms with Crippen LogP contribution in [0.3, 0.4) is 0 Å². The Labute approximate surface area is 253 Å². The van der Waals surface area contributed by atoms with E-state index in [-0.39, 0.29) is 37.7 Å². The van der Waals surface area contributed by atoms with Crippen LogP contribution in [0, 0.1) is 13.8 Å². The molecule has 3 aromatic rings. The molecular formula is C31H37Cl2N3O4S. The van der Waals surface area contributed by atoms with E-state index in [0.717, 1.165) is 22.9 Å². The van der Waals surface area contributed by atoms with Crippen LogP contribution in [-0.4, -0.2) is 50.5 Å². The average Bonchev–Trinajstić information content (AvgIpc) is 2.91. The molecule has 0 aliphatic heterocycles. The molecule has 0 saturated carbocycles. The van der Waals surface area contributed by atoms with Crippen molar-refractivity contribution >= 4 is 50.7 Å². The predicted molar refractivity (Wildman–Crippen MR) is 167 cm³/mol. The highest BCUT2D eigenvalue weighted by Gasteiger charge is 2.31. The molecule has 7 nitrogen and oxygen atoms in total. The first kappa shape index (κ1) is 32.4. The largest absolute Gasteiger partial charge is 0.355 e. The van der Waals surface area contributed by atoms with Crippen molar-refractivity contribution in [3.8, 4) is 0 Å². The van der Waals surface area contributed by atoms with Crippen LogP contribution >= 0.6 is 23.2 Å². The lowest BCUT2D eigenvalue weighted by molar-refractivity contribution is -0.141. The number of nitrogens with zero attached hydrogens (tertiary/aromatic N) is 2. The second-order valence-electron chi connectivity index (χ2n) is 10.1. The van der Waals surface area contributed by atoms with Gasteiger partial charge in [0, 0.05) is 42.5 Å². The predicted octanol–water partition coefficient (Wildman–Crippen LogP) is 5.93. The van der Waals surface area contributed by atoms with Crippen LogP contribution in [-0.2, 0) is 32.6 Å². The zero-order valence-electron chi connectivity index (χ0n) is 23.9. The quantitative estimate of drug-likeness (QED) is 0.257. The van der Waals surface area contributed by atoms with E-state index in [0.29, 0.717) is 34.3 Å². The highest BCUT2D eigenvalue weighted by molar-refractivity contribution is 7.92. The Hall–Kier alpha value is -3.07. The highest BCUT2D eigenvalue weighted by Crippen LogP contribution is 2.26. The summed E-state index contributed by atoms with van der Waals surface area (Å²) in [5.41, 5.74) is 3.91. The van der Waals surface area contributed by atoms with Crippen LogP contribution in [0.15, 0.2) is 66.7 Å². The summed E-state index contributed by atoms with van der Waals surface area (Å²) in [6.07, 6.45) is 1.77. The van der Waals surface area contributed by atoms with Gasteiger partial charge >= 0.3 is 0 Å². The molecule has 220 valence electrons. The molecule has 3 rings (SSSR count). The van der Waals surface area contributed by atoms with Gasteiger partial charge in [-0.1, -0.05) is 71.7 Å². The topological polar surface area (TPSA) is 86.8 Å². The molecule has 0 aliphatic rings. The van der Waals surface area contributed by atoms with E-state index in [2.05, 4.69) is 5.32 Å². The third kappa shape index (κ3) is 9.21. The highest BCUT2D eigenvalue weighted by atomic mass is 35.5. The van der Waals surface area contributed by atoms with Crippen LogP contribution in [0.5, 0.6) is 0 Å². The van der Waals surface area contributed by atoms with Crippen molar-refractivity contribution < 1.29 is 18.0 Å². The first-order chi connectivity index (χ1) is 19.4. The van der Waals surface area contributed by atoms with Gasteiger partial charge in [-0.3, -0.25) is 13.9 Å². The fraction of sp³-hybridized carbons (Fsp3) is 0.355. The van der Waals surface area contributed by atoms with Gasteiger partial charge in [-0.2, -0.15) is 0 Å². The van der Waals surface area contributed by atoms with Crippen LogP contribution in [0.25, 0.3) is 0 Å². The lowest BCUT2D eigenvalue weighted by Crippen LogP contribution is -2.50. The van der Waals surface area contributed by atoms with E-state index in [4.69, 9.17) is 23.2 Å². The maximum atomic E-state index is 13.9. The number of nitrogens with one attached hydrogen (secondary N) is 1. The van der Waals surface area contributed by atoms with Gasteiger partial charge in [-0.25, -0.2) is 8.42 Å². The molecule has 0 bridgehead atoms. The van der Waals surface area contributed by atoms with Crippen molar-refractivity contribution in [2.45, 2.75) is 52.6 Å². The van der Waals surface area contributed by atoms with E-state index in [1.54, 1.807) is 18.2 Å². The fourth-order valence-corrected chi connectivity index (χ4v) is 6.13. The van der Waals surface area contributed by atoms with Gasteiger partial charge < -0.3 is 10.2 Å². The van der Waals surface area contributed by atoms with Crippen molar-refractivity contribution in [2.24, 2.45) is 0 Å². The Morgan fingerprint density at radius 3 is 2.32 bits per heavy atom. The molecule has 1 unspecified atom stereocenters. The first-order valence-corrected chi connectivity index (χ1v) is 16.1. The summed E-state index contributed by atoms with van der Waals surface area (Å²) >= 11 is 12.6. The van der Waals surface area contributed by atoms with E-state index in [1.165, 1.54) is 9.21 Å². The average molecular weight is 619 g/mol. The van der Waals surface area contributed by atoms with Gasteiger partial charge in [0.15, 0.2) is 0 Å². The van der Waals surface area contributed by atoms with Crippen LogP contribution in [0.4, 0.5) is 5.69 Å². The van der Waals surface area contributed by atoms with Gasteiger partial charge in [0.05, 0.1) is 11.9 Å². The minimum absolute atomic E-state index is 0.0345. The summed E-state index contributed by atoms with van der Waals surface area (Å²) in [4.78, 5) is 28.7. The van der Waals surface area contributed by atoms with Crippen LogP contribution in [0.2, 0.25) is 10.0 Å². The van der Waals surface area contributed by atoms with Crippen molar-refractivity contribution in [2.75, 3.05) is 23.7 Å². The number of benzene rings is 3. The number of hydrogen-bond donors (Lipinski definition) is 1. The molecule has 0 aromatic heterocycles. The van der Waals surface area contributed by atoms with Gasteiger partial charge in [-0.05, 0) is 67.6 Å². The third-order valence-electron chi connectivity index (χ3n) is 6.76. The number of halogens is 2. The summed E-state index contributed by atoms with van der Waals surface area (Å²) in [6, 6.07) is 19.4. The molecule has 41 heavy (non-hydrogen) atoms. The summed E-state index contributed by atoms with van der Waals surface area (Å²) in [5, 5.41) is 3.72. The molecule has 0 radical (unpaired) electrons. The summed E-state index contributed by atoms with van der Waals surface area (Å²) < 4.78 is 26.8. The molecular weight excluding hydrogens is 581 g/mol. The zero-order chi connectivity index (χ0) is 30.2. The first-order valence-electron chi connectivity index (χ1n) is 13.5. The molecule has 0 fully saturated rings. The monoisotopic (exact) mass is 617 g/mol. The molecule has 0 saturated heterocycles. The Balaban J connectivity index is 1.91. The number of aryl methyl sites for hydroxylation is 2. The maximum absolute atomic E-state index is 13.9. The Kier molecular flexibility index (Phi) is 11.6. The van der Waals surface area contributed by atoms with Crippen LogP contribution in [0.1, 0.15) is 42.0 Å². The van der Waals surface area contributed by atoms with E-state index in [9.17, 15) is 18.0 Å². The standard InChI is InChI=1S/C31H37Cl2N3O4S/c1-5-34-31(38)29(19-24-10-7-6-8-11-24)35(21-25-15-16-26(32)20-27(25)33)30(37)12-9-17-36(41(4,39)40)28-18-22(2)13-14-23(28)3/h6-8,10-11,13-16,18,20,29H,5,9,12,17,19,21H2,1-4H3,(H,34,38). The lowest BCUT2D eigenvalue weighted by Gasteiger charge is -2.32. The number of hydrogen-bond acceptors (Lipinski definition) is 4. The summed E-state index contributed by atoms with van der Waals surface area (Å²) in [7, 11) is -3.60. The third-order valence-corrected chi connectivity index (χ3v) is 8.53. The number of amides is 2. The molecule has 0 spiro atoms. The van der Waals surface area contributed by atoms with Crippen molar-refractivity contribution in [3.05, 3.63) is 99.0 Å². The fourth-order valence-electron chi connectivity index (χ4n) is 4.65. The minimum atomic E-state index is -3.60. The lowest BCUT2D eigenvalue weighted by atomic mass is 10.0. The van der Waals surface area contributed by atoms with Crippen LogP contribution < -0.4 is 9.62 Å². The van der Waals surface area contributed by atoms with Crippen molar-refractivity contribution in [1.82, 2.24) is 10.2 Å². The molecule has 0 heterocycles. The summed E-state index contributed by atoms with van der Waals surface area (Å²) in [6.45, 7) is 6.21. The number of anilines is 1. The number of likely N-dealkylation sites (N-methyl/N-ethyl adjacent to an activating group) is 1. The minimum Gasteiger partial charge on any atom is -0.355 e. The number of carbonyl (C=O) groups is 2. The Bertz CT molecular complexity index is 1470. The number of carbonyl (C=O) groups excluding carboxylic acids is 2. The second-order valence-corrected chi connectivity index (χ2v) is 12.8. The number of rotatable bonds is 13. The number of sulfonamides is 1. The second kappa shape index (κ2) is 14.7. The van der Waals surface area contributed by atoms with Crippen molar-refractivity contribution in [1.29, 1.82) is 0 Å². The van der Waals surface area contributed by atoms with Gasteiger partial charge in [0.25, 0.3) is 0 Å². The normalized spacial score (nSPS) is 12.0. The SMILES string of the molecule is CCNC(=O)C(Cc1ccccc1)N(Cc1ccc(Cl)cc1Cl)C(=O)CCCN(c1cc(C)ccc1C)S(C)(=O)=O.